The van der Waals surface area contributed by atoms with Crippen LogP contribution in [-0.2, 0) is 13.7 Å². The van der Waals surface area contributed by atoms with E-state index in [9.17, 15) is 0 Å². The van der Waals surface area contributed by atoms with Gasteiger partial charge in [0, 0.05) is 19.0 Å². The molecule has 0 unspecified atom stereocenters. The highest BCUT2D eigenvalue weighted by Crippen LogP contribution is 2.13. The molecule has 98 valence electrons. The molecule has 0 spiro atoms. The maximum absolute atomic E-state index is 8.63. The van der Waals surface area contributed by atoms with Crippen molar-refractivity contribution >= 4 is 0 Å². The summed E-state index contributed by atoms with van der Waals surface area (Å²) in [7, 11) is 1.82. The van der Waals surface area contributed by atoms with Crippen LogP contribution in [0.5, 0.6) is 5.75 Å². The van der Waals surface area contributed by atoms with Gasteiger partial charge in [-0.05, 0) is 24.3 Å². The third-order valence-electron chi connectivity index (χ3n) is 2.36. The number of aliphatic hydroxyl groups is 1. The van der Waals surface area contributed by atoms with Gasteiger partial charge in [-0.3, -0.25) is 4.68 Å². The number of nitrogens with zero attached hydrogens (tertiary/aromatic N) is 3. The van der Waals surface area contributed by atoms with E-state index in [0.717, 1.165) is 17.0 Å². The minimum atomic E-state index is 0.0896. The topological polar surface area (TPSA) is 60.2 Å². The first kappa shape index (κ1) is 13.1. The summed E-state index contributed by atoms with van der Waals surface area (Å²) in [6.07, 6.45) is 2.31. The molecule has 0 aliphatic carbocycles. The van der Waals surface area contributed by atoms with Crippen LogP contribution in [0, 0.1) is 11.8 Å². The Balaban J connectivity index is 1.90. The van der Waals surface area contributed by atoms with Crippen LogP contribution in [-0.4, -0.2) is 26.7 Å². The molecule has 0 radical (unpaired) electrons. The Bertz CT molecular complexity index is 579. The lowest BCUT2D eigenvalue weighted by atomic mass is 10.2. The van der Waals surface area contributed by atoms with E-state index in [1.165, 1.54) is 0 Å². The summed E-state index contributed by atoms with van der Waals surface area (Å²) in [6, 6.07) is 7.49. The van der Waals surface area contributed by atoms with E-state index in [-0.39, 0.29) is 6.61 Å². The summed E-state index contributed by atoms with van der Waals surface area (Å²) in [5, 5.41) is 16.4. The lowest BCUT2D eigenvalue weighted by Gasteiger charge is -2.03. The van der Waals surface area contributed by atoms with Crippen LogP contribution >= 0.6 is 0 Å². The lowest BCUT2D eigenvalue weighted by Crippen LogP contribution is -1.95. The van der Waals surface area contributed by atoms with Gasteiger partial charge in [-0.1, -0.05) is 17.1 Å². The average Bonchev–Trinajstić information content (AvgIpc) is 2.84. The minimum absolute atomic E-state index is 0.0896. The molecule has 0 aliphatic rings. The number of aryl methyl sites for hydroxylation is 1. The van der Waals surface area contributed by atoms with Gasteiger partial charge in [-0.2, -0.15) is 0 Å². The van der Waals surface area contributed by atoms with Gasteiger partial charge in [0.25, 0.3) is 0 Å². The van der Waals surface area contributed by atoms with E-state index in [1.807, 2.05) is 37.5 Å². The zero-order valence-electron chi connectivity index (χ0n) is 10.7. The summed E-state index contributed by atoms with van der Waals surface area (Å²) in [5.41, 5.74) is 1.69. The van der Waals surface area contributed by atoms with Crippen molar-refractivity contribution < 1.29 is 9.84 Å². The van der Waals surface area contributed by atoms with E-state index in [0.29, 0.717) is 13.0 Å². The molecule has 5 nitrogen and oxygen atoms in total. The molecule has 5 heteroatoms. The van der Waals surface area contributed by atoms with Gasteiger partial charge >= 0.3 is 0 Å². The fraction of sp³-hybridized carbons (Fsp3) is 0.286. The summed E-state index contributed by atoms with van der Waals surface area (Å²) >= 11 is 0. The molecule has 19 heavy (non-hydrogen) atoms. The first-order valence-corrected chi connectivity index (χ1v) is 5.96. The van der Waals surface area contributed by atoms with E-state index in [2.05, 4.69) is 22.2 Å². The molecule has 0 amide bonds. The molecule has 1 aromatic carbocycles. The Morgan fingerprint density at radius 1 is 1.32 bits per heavy atom. The molecule has 0 saturated heterocycles. The van der Waals surface area contributed by atoms with Crippen molar-refractivity contribution in [3.8, 4) is 17.6 Å². The fourth-order valence-corrected chi connectivity index (χ4v) is 1.47. The predicted octanol–water partition coefficient (Wildman–Crippen LogP) is 1.13. The summed E-state index contributed by atoms with van der Waals surface area (Å²) < 4.78 is 7.22. The van der Waals surface area contributed by atoms with Crippen LogP contribution in [0.1, 0.15) is 17.7 Å². The quantitative estimate of drug-likeness (QED) is 0.834. The molecule has 0 atom stereocenters. The minimum Gasteiger partial charge on any atom is -0.487 e. The SMILES string of the molecule is Cn1cc(COc2ccc(C#CCCO)cc2)nn1. The maximum Gasteiger partial charge on any atom is 0.134 e. The summed E-state index contributed by atoms with van der Waals surface area (Å²) in [5.74, 6) is 6.59. The smallest absolute Gasteiger partial charge is 0.134 e. The molecule has 0 bridgehead atoms. The number of benzene rings is 1. The van der Waals surface area contributed by atoms with Crippen molar-refractivity contribution in [1.29, 1.82) is 0 Å². The van der Waals surface area contributed by atoms with Gasteiger partial charge in [0.05, 0.1) is 12.8 Å². The molecule has 2 aromatic rings. The zero-order valence-corrected chi connectivity index (χ0v) is 10.7. The number of aliphatic hydroxyl groups excluding tert-OH is 1. The summed E-state index contributed by atoms with van der Waals surface area (Å²) in [6.45, 7) is 0.482. The molecule has 1 N–H and O–H groups in total. The van der Waals surface area contributed by atoms with Crippen molar-refractivity contribution in [1.82, 2.24) is 15.0 Å². The Labute approximate surface area is 111 Å². The van der Waals surface area contributed by atoms with Crippen molar-refractivity contribution in [2.24, 2.45) is 7.05 Å². The highest BCUT2D eigenvalue weighted by atomic mass is 16.5. The van der Waals surface area contributed by atoms with Gasteiger partial charge in [0.1, 0.15) is 18.1 Å². The van der Waals surface area contributed by atoms with Gasteiger partial charge in [-0.25, -0.2) is 0 Å². The van der Waals surface area contributed by atoms with Crippen LogP contribution in [0.2, 0.25) is 0 Å². The average molecular weight is 257 g/mol. The Morgan fingerprint density at radius 2 is 2.11 bits per heavy atom. The van der Waals surface area contributed by atoms with Crippen molar-refractivity contribution in [3.63, 3.8) is 0 Å². The second-order valence-corrected chi connectivity index (χ2v) is 3.97. The van der Waals surface area contributed by atoms with Crippen LogP contribution in [0.25, 0.3) is 0 Å². The Morgan fingerprint density at radius 3 is 2.74 bits per heavy atom. The third-order valence-corrected chi connectivity index (χ3v) is 2.36. The Kier molecular flexibility index (Phi) is 4.54. The van der Waals surface area contributed by atoms with E-state index < -0.39 is 0 Å². The monoisotopic (exact) mass is 257 g/mol. The molecule has 0 aliphatic heterocycles. The second kappa shape index (κ2) is 6.57. The normalized spacial score (nSPS) is 9.79. The lowest BCUT2D eigenvalue weighted by molar-refractivity contribution is 0.301. The standard InChI is InChI=1S/C14H15N3O2/c1-17-10-13(15-16-17)11-19-14-7-5-12(6-8-14)4-2-3-9-18/h5-8,10,18H,3,9,11H2,1H3. The van der Waals surface area contributed by atoms with Gasteiger partial charge < -0.3 is 9.84 Å². The van der Waals surface area contributed by atoms with E-state index in [1.54, 1.807) is 4.68 Å². The molecule has 0 saturated carbocycles. The van der Waals surface area contributed by atoms with Crippen LogP contribution in [0.3, 0.4) is 0 Å². The largest absolute Gasteiger partial charge is 0.487 e. The fourth-order valence-electron chi connectivity index (χ4n) is 1.47. The number of ether oxygens (including phenoxy) is 1. The molecular formula is C14H15N3O2. The van der Waals surface area contributed by atoms with Crippen LogP contribution in [0.4, 0.5) is 0 Å². The van der Waals surface area contributed by atoms with Gasteiger partial charge in [-0.15, -0.1) is 5.10 Å². The molecular weight excluding hydrogens is 242 g/mol. The van der Waals surface area contributed by atoms with Gasteiger partial charge in [0.15, 0.2) is 0 Å². The first-order valence-electron chi connectivity index (χ1n) is 5.96. The third kappa shape index (κ3) is 4.12. The molecule has 1 aromatic heterocycles. The Hall–Kier alpha value is -2.32. The van der Waals surface area contributed by atoms with Crippen LogP contribution in [0.15, 0.2) is 30.5 Å². The summed E-state index contributed by atoms with van der Waals surface area (Å²) in [4.78, 5) is 0. The second-order valence-electron chi connectivity index (χ2n) is 3.97. The first-order chi connectivity index (χ1) is 9.28. The number of hydrogen-bond acceptors (Lipinski definition) is 4. The highest BCUT2D eigenvalue weighted by molar-refractivity contribution is 5.38. The number of hydrogen-bond donors (Lipinski definition) is 1. The van der Waals surface area contributed by atoms with Crippen molar-refractivity contribution in [2.75, 3.05) is 6.61 Å². The molecule has 2 rings (SSSR count). The van der Waals surface area contributed by atoms with Crippen LogP contribution < -0.4 is 4.74 Å². The number of rotatable bonds is 4. The molecule has 0 fully saturated rings. The van der Waals surface area contributed by atoms with Crippen molar-refractivity contribution in [2.45, 2.75) is 13.0 Å². The number of aromatic nitrogens is 3. The molecule has 1 heterocycles. The highest BCUT2D eigenvalue weighted by Gasteiger charge is 1.99. The predicted molar refractivity (Wildman–Crippen MR) is 70.4 cm³/mol. The van der Waals surface area contributed by atoms with E-state index in [4.69, 9.17) is 9.84 Å². The van der Waals surface area contributed by atoms with Gasteiger partial charge in [0.2, 0.25) is 0 Å². The van der Waals surface area contributed by atoms with E-state index >= 15 is 0 Å². The maximum atomic E-state index is 8.63. The zero-order chi connectivity index (χ0) is 13.5. The van der Waals surface area contributed by atoms with Crippen molar-refractivity contribution in [3.05, 3.63) is 41.7 Å².